The van der Waals surface area contributed by atoms with Crippen LogP contribution in [0, 0.1) is 11.7 Å². The average molecular weight is 307 g/mol. The number of carbonyl (C=O) groups excluding carboxylic acids is 2. The Hall–Kier alpha value is -1.71. The van der Waals surface area contributed by atoms with Crippen LogP contribution in [-0.4, -0.2) is 17.7 Å². The van der Waals surface area contributed by atoms with Crippen LogP contribution in [0.1, 0.15) is 63.2 Å². The molecule has 0 unspecified atom stereocenters. The summed E-state index contributed by atoms with van der Waals surface area (Å²) in [4.78, 5) is 24.3. The van der Waals surface area contributed by atoms with Crippen molar-refractivity contribution >= 4 is 11.7 Å². The number of amides is 1. The number of unbranched alkanes of at least 4 members (excludes halogenated alkanes) is 1. The molecule has 1 amide bonds. The maximum absolute atomic E-state index is 12.8. The Morgan fingerprint density at radius 1 is 1.18 bits per heavy atom. The Kier molecular flexibility index (Phi) is 7.78. The molecule has 1 aromatic rings. The van der Waals surface area contributed by atoms with Crippen molar-refractivity contribution in [2.24, 2.45) is 5.92 Å². The molecule has 0 aromatic heterocycles. The van der Waals surface area contributed by atoms with Crippen molar-refractivity contribution in [1.82, 2.24) is 5.32 Å². The molecule has 0 radical (unpaired) electrons. The van der Waals surface area contributed by atoms with Crippen molar-refractivity contribution in [2.45, 2.75) is 58.9 Å². The van der Waals surface area contributed by atoms with E-state index in [9.17, 15) is 14.0 Å². The summed E-state index contributed by atoms with van der Waals surface area (Å²) in [6.07, 6.45) is 4.03. The number of ketones is 1. The minimum atomic E-state index is -0.361. The normalized spacial score (nSPS) is 13.5. The van der Waals surface area contributed by atoms with Gasteiger partial charge in [-0.1, -0.05) is 26.7 Å². The molecular formula is C18H26FNO2. The fourth-order valence-corrected chi connectivity index (χ4v) is 2.41. The summed E-state index contributed by atoms with van der Waals surface area (Å²) in [6, 6.07) is 5.27. The second kappa shape index (κ2) is 9.34. The highest BCUT2D eigenvalue weighted by molar-refractivity contribution is 5.96. The first kappa shape index (κ1) is 18.3. The maximum atomic E-state index is 12.8. The molecule has 0 aliphatic carbocycles. The molecule has 122 valence electrons. The van der Waals surface area contributed by atoms with E-state index < -0.39 is 0 Å². The summed E-state index contributed by atoms with van der Waals surface area (Å²) in [5.41, 5.74) is 0.473. The summed E-state index contributed by atoms with van der Waals surface area (Å²) >= 11 is 0. The SMILES string of the molecule is CCCC[C@H](CC)C(=O)N[C@H](C)CC(=O)c1ccc(F)cc1. The molecule has 0 bridgehead atoms. The number of hydrogen-bond acceptors (Lipinski definition) is 2. The molecule has 1 rings (SSSR count). The van der Waals surface area contributed by atoms with Gasteiger partial charge in [0.25, 0.3) is 0 Å². The van der Waals surface area contributed by atoms with Crippen LogP contribution >= 0.6 is 0 Å². The van der Waals surface area contributed by atoms with Crippen molar-refractivity contribution in [3.05, 3.63) is 35.6 Å². The monoisotopic (exact) mass is 307 g/mol. The number of halogens is 1. The van der Waals surface area contributed by atoms with Gasteiger partial charge in [0.05, 0.1) is 0 Å². The van der Waals surface area contributed by atoms with Gasteiger partial charge in [-0.15, -0.1) is 0 Å². The third-order valence-electron chi connectivity index (χ3n) is 3.82. The van der Waals surface area contributed by atoms with E-state index in [0.717, 1.165) is 25.7 Å². The molecule has 0 heterocycles. The molecule has 0 aliphatic rings. The van der Waals surface area contributed by atoms with Crippen molar-refractivity contribution in [3.63, 3.8) is 0 Å². The Balaban J connectivity index is 2.50. The topological polar surface area (TPSA) is 46.2 Å². The Labute approximate surface area is 132 Å². The average Bonchev–Trinajstić information content (AvgIpc) is 2.48. The highest BCUT2D eigenvalue weighted by Gasteiger charge is 2.19. The molecular weight excluding hydrogens is 281 g/mol. The molecule has 1 N–H and O–H groups in total. The summed E-state index contributed by atoms with van der Waals surface area (Å²) in [5.74, 6) is -0.410. The zero-order valence-corrected chi connectivity index (χ0v) is 13.7. The first-order chi connectivity index (χ1) is 10.5. The molecule has 0 fully saturated rings. The molecule has 0 spiro atoms. The lowest BCUT2D eigenvalue weighted by Crippen LogP contribution is -2.38. The van der Waals surface area contributed by atoms with Gasteiger partial charge < -0.3 is 5.32 Å². The van der Waals surface area contributed by atoms with Gasteiger partial charge in [-0.2, -0.15) is 0 Å². The molecule has 0 saturated heterocycles. The van der Waals surface area contributed by atoms with Crippen LogP contribution in [0.2, 0.25) is 0 Å². The Bertz CT molecular complexity index is 484. The highest BCUT2D eigenvalue weighted by atomic mass is 19.1. The second-order valence-corrected chi connectivity index (χ2v) is 5.79. The van der Waals surface area contributed by atoms with E-state index >= 15 is 0 Å². The standard InChI is InChI=1S/C18H26FNO2/c1-4-6-7-14(5-2)18(22)20-13(3)12-17(21)15-8-10-16(19)11-9-15/h8-11,13-14H,4-7,12H2,1-3H3,(H,20,22)/t13-,14+/m1/s1. The van der Waals surface area contributed by atoms with Crippen molar-refractivity contribution in [1.29, 1.82) is 0 Å². The van der Waals surface area contributed by atoms with Crippen molar-refractivity contribution in [3.8, 4) is 0 Å². The number of rotatable bonds is 9. The zero-order chi connectivity index (χ0) is 16.5. The van der Waals surface area contributed by atoms with E-state index in [4.69, 9.17) is 0 Å². The number of carbonyl (C=O) groups is 2. The molecule has 2 atom stereocenters. The fourth-order valence-electron chi connectivity index (χ4n) is 2.41. The first-order valence-electron chi connectivity index (χ1n) is 8.07. The largest absolute Gasteiger partial charge is 0.353 e. The van der Waals surface area contributed by atoms with Gasteiger partial charge in [0.15, 0.2) is 5.78 Å². The maximum Gasteiger partial charge on any atom is 0.223 e. The minimum Gasteiger partial charge on any atom is -0.353 e. The highest BCUT2D eigenvalue weighted by Crippen LogP contribution is 2.14. The molecule has 4 heteroatoms. The molecule has 0 saturated carbocycles. The van der Waals surface area contributed by atoms with Crippen LogP contribution in [0.4, 0.5) is 4.39 Å². The van der Waals surface area contributed by atoms with E-state index in [1.807, 2.05) is 13.8 Å². The zero-order valence-electron chi connectivity index (χ0n) is 13.7. The summed E-state index contributed by atoms with van der Waals surface area (Å²) in [5, 5.41) is 2.92. The number of hydrogen-bond donors (Lipinski definition) is 1. The predicted molar refractivity (Wildman–Crippen MR) is 86.3 cm³/mol. The van der Waals surface area contributed by atoms with E-state index in [0.29, 0.717) is 5.56 Å². The lowest BCUT2D eigenvalue weighted by molar-refractivity contribution is -0.125. The Morgan fingerprint density at radius 3 is 2.36 bits per heavy atom. The van der Waals surface area contributed by atoms with Gasteiger partial charge in [0.2, 0.25) is 5.91 Å². The third-order valence-corrected chi connectivity index (χ3v) is 3.82. The van der Waals surface area contributed by atoms with Gasteiger partial charge in [0, 0.05) is 23.9 Å². The van der Waals surface area contributed by atoms with Crippen LogP contribution in [-0.2, 0) is 4.79 Å². The summed E-state index contributed by atoms with van der Waals surface area (Å²) in [6.45, 7) is 5.94. The number of Topliss-reactive ketones (excluding diaryl/α,β-unsaturated/α-hetero) is 1. The van der Waals surface area contributed by atoms with Gasteiger partial charge in [-0.3, -0.25) is 9.59 Å². The number of nitrogens with one attached hydrogen (secondary N) is 1. The summed E-state index contributed by atoms with van der Waals surface area (Å²) < 4.78 is 12.8. The van der Waals surface area contributed by atoms with Crippen molar-refractivity contribution < 1.29 is 14.0 Å². The lowest BCUT2D eigenvalue weighted by atomic mass is 9.97. The third kappa shape index (κ3) is 5.96. The first-order valence-corrected chi connectivity index (χ1v) is 8.07. The van der Waals surface area contributed by atoms with E-state index in [2.05, 4.69) is 12.2 Å². The number of benzene rings is 1. The quantitative estimate of drug-likeness (QED) is 0.698. The van der Waals surface area contributed by atoms with Crippen LogP contribution in [0.15, 0.2) is 24.3 Å². The van der Waals surface area contributed by atoms with Gasteiger partial charge in [-0.25, -0.2) is 4.39 Å². The smallest absolute Gasteiger partial charge is 0.223 e. The van der Waals surface area contributed by atoms with Crippen LogP contribution < -0.4 is 5.32 Å². The van der Waals surface area contributed by atoms with Gasteiger partial charge >= 0.3 is 0 Å². The molecule has 22 heavy (non-hydrogen) atoms. The molecule has 1 aromatic carbocycles. The van der Waals surface area contributed by atoms with Crippen molar-refractivity contribution in [2.75, 3.05) is 0 Å². The van der Waals surface area contributed by atoms with E-state index in [1.165, 1.54) is 24.3 Å². The molecule has 3 nitrogen and oxygen atoms in total. The molecule has 0 aliphatic heterocycles. The minimum absolute atomic E-state index is 0.0170. The van der Waals surface area contributed by atoms with Gasteiger partial charge in [0.1, 0.15) is 5.82 Å². The van der Waals surface area contributed by atoms with E-state index in [1.54, 1.807) is 0 Å². The van der Waals surface area contributed by atoms with Crippen LogP contribution in [0.3, 0.4) is 0 Å². The van der Waals surface area contributed by atoms with Crippen LogP contribution in [0.25, 0.3) is 0 Å². The lowest BCUT2D eigenvalue weighted by Gasteiger charge is -2.19. The van der Waals surface area contributed by atoms with Crippen LogP contribution in [0.5, 0.6) is 0 Å². The predicted octanol–water partition coefficient (Wildman–Crippen LogP) is 4.12. The summed E-state index contributed by atoms with van der Waals surface area (Å²) in [7, 11) is 0. The Morgan fingerprint density at radius 2 is 1.82 bits per heavy atom. The van der Waals surface area contributed by atoms with E-state index in [-0.39, 0.29) is 35.9 Å². The fraction of sp³-hybridized carbons (Fsp3) is 0.556. The second-order valence-electron chi connectivity index (χ2n) is 5.79. The van der Waals surface area contributed by atoms with Gasteiger partial charge in [-0.05, 0) is 44.0 Å².